The zero-order valence-corrected chi connectivity index (χ0v) is 9.12. The molecule has 0 heterocycles. The van der Waals surface area contributed by atoms with E-state index in [9.17, 15) is 0 Å². The molecule has 0 radical (unpaired) electrons. The number of hydrogen-bond acceptors (Lipinski definition) is 2. The Kier molecular flexibility index (Phi) is 3.69. The van der Waals surface area contributed by atoms with E-state index in [1.54, 1.807) is 0 Å². The SMILES string of the molecule is CC(C)(C)N/N=C/Cc1ccccc1. The van der Waals surface area contributed by atoms with E-state index in [1.165, 1.54) is 5.56 Å². The number of nitrogens with zero attached hydrogens (tertiary/aromatic N) is 1. The van der Waals surface area contributed by atoms with Crippen molar-refractivity contribution in [2.45, 2.75) is 32.7 Å². The molecule has 1 aromatic carbocycles. The molecule has 0 amide bonds. The largest absolute Gasteiger partial charge is 0.305 e. The van der Waals surface area contributed by atoms with Crippen molar-refractivity contribution in [3.05, 3.63) is 35.9 Å². The van der Waals surface area contributed by atoms with E-state index in [1.807, 2.05) is 24.4 Å². The van der Waals surface area contributed by atoms with Crippen molar-refractivity contribution in [2.75, 3.05) is 0 Å². The van der Waals surface area contributed by atoms with Crippen molar-refractivity contribution in [3.8, 4) is 0 Å². The second-order valence-corrected chi connectivity index (χ2v) is 4.36. The molecule has 0 aliphatic heterocycles. The van der Waals surface area contributed by atoms with Gasteiger partial charge in [-0.25, -0.2) is 0 Å². The van der Waals surface area contributed by atoms with Gasteiger partial charge < -0.3 is 5.43 Å². The summed E-state index contributed by atoms with van der Waals surface area (Å²) in [6.07, 6.45) is 2.78. The topological polar surface area (TPSA) is 24.4 Å². The quantitative estimate of drug-likeness (QED) is 0.575. The van der Waals surface area contributed by atoms with Gasteiger partial charge in [-0.05, 0) is 26.3 Å². The van der Waals surface area contributed by atoms with Gasteiger partial charge in [0, 0.05) is 18.2 Å². The molecular weight excluding hydrogens is 172 g/mol. The lowest BCUT2D eigenvalue weighted by Gasteiger charge is -2.16. The minimum Gasteiger partial charge on any atom is -0.305 e. The molecule has 0 saturated heterocycles. The zero-order valence-electron chi connectivity index (χ0n) is 9.12. The van der Waals surface area contributed by atoms with E-state index in [4.69, 9.17) is 0 Å². The van der Waals surface area contributed by atoms with Gasteiger partial charge in [-0.2, -0.15) is 5.10 Å². The first-order valence-corrected chi connectivity index (χ1v) is 4.90. The lowest BCUT2D eigenvalue weighted by Crippen LogP contribution is -2.31. The van der Waals surface area contributed by atoms with Gasteiger partial charge >= 0.3 is 0 Å². The molecule has 0 unspecified atom stereocenters. The van der Waals surface area contributed by atoms with Crippen molar-refractivity contribution in [2.24, 2.45) is 5.10 Å². The van der Waals surface area contributed by atoms with E-state index in [-0.39, 0.29) is 5.54 Å². The van der Waals surface area contributed by atoms with Crippen LogP contribution in [0.2, 0.25) is 0 Å². The van der Waals surface area contributed by atoms with Crippen LogP contribution in [-0.2, 0) is 6.42 Å². The Morgan fingerprint density at radius 1 is 1.21 bits per heavy atom. The molecule has 0 saturated carbocycles. The molecule has 76 valence electrons. The van der Waals surface area contributed by atoms with Crippen molar-refractivity contribution < 1.29 is 0 Å². The first kappa shape index (κ1) is 10.8. The van der Waals surface area contributed by atoms with E-state index in [0.29, 0.717) is 0 Å². The molecule has 1 rings (SSSR count). The Hall–Kier alpha value is -1.31. The predicted molar refractivity (Wildman–Crippen MR) is 61.5 cm³/mol. The molecule has 1 N–H and O–H groups in total. The minimum absolute atomic E-state index is 0.0488. The molecule has 14 heavy (non-hydrogen) atoms. The third kappa shape index (κ3) is 4.65. The first-order valence-electron chi connectivity index (χ1n) is 4.90. The fourth-order valence-corrected chi connectivity index (χ4v) is 1.00. The Morgan fingerprint density at radius 2 is 1.86 bits per heavy atom. The monoisotopic (exact) mass is 190 g/mol. The summed E-state index contributed by atoms with van der Waals surface area (Å²) < 4.78 is 0. The van der Waals surface area contributed by atoms with Gasteiger partial charge in [-0.15, -0.1) is 0 Å². The van der Waals surface area contributed by atoms with Gasteiger partial charge in [0.2, 0.25) is 0 Å². The number of hydrogen-bond donors (Lipinski definition) is 1. The molecular formula is C12H18N2. The second-order valence-electron chi connectivity index (χ2n) is 4.36. The fraction of sp³-hybridized carbons (Fsp3) is 0.417. The highest BCUT2D eigenvalue weighted by molar-refractivity contribution is 5.61. The Morgan fingerprint density at radius 3 is 2.43 bits per heavy atom. The summed E-state index contributed by atoms with van der Waals surface area (Å²) in [4.78, 5) is 0. The van der Waals surface area contributed by atoms with Crippen LogP contribution in [0.5, 0.6) is 0 Å². The molecule has 0 atom stereocenters. The van der Waals surface area contributed by atoms with Gasteiger partial charge in [-0.3, -0.25) is 0 Å². The average Bonchev–Trinajstić information content (AvgIpc) is 2.13. The summed E-state index contributed by atoms with van der Waals surface area (Å²) in [7, 11) is 0. The number of rotatable bonds is 3. The van der Waals surface area contributed by atoms with Crippen LogP contribution in [0.4, 0.5) is 0 Å². The van der Waals surface area contributed by atoms with Crippen LogP contribution in [0.15, 0.2) is 35.4 Å². The minimum atomic E-state index is 0.0488. The lowest BCUT2D eigenvalue weighted by molar-refractivity contribution is 0.442. The van der Waals surface area contributed by atoms with Gasteiger partial charge in [0.25, 0.3) is 0 Å². The summed E-state index contributed by atoms with van der Waals surface area (Å²) in [5.74, 6) is 0. The van der Waals surface area contributed by atoms with Gasteiger partial charge in [0.05, 0.1) is 0 Å². The summed E-state index contributed by atoms with van der Waals surface area (Å²) in [6.45, 7) is 6.27. The zero-order chi connectivity index (χ0) is 10.4. The van der Waals surface area contributed by atoms with Crippen molar-refractivity contribution >= 4 is 6.21 Å². The molecule has 1 aromatic rings. The van der Waals surface area contributed by atoms with E-state index >= 15 is 0 Å². The van der Waals surface area contributed by atoms with E-state index < -0.39 is 0 Å². The van der Waals surface area contributed by atoms with Crippen LogP contribution in [0.3, 0.4) is 0 Å². The Balaban J connectivity index is 2.35. The van der Waals surface area contributed by atoms with Crippen molar-refractivity contribution in [3.63, 3.8) is 0 Å². The van der Waals surface area contributed by atoms with Crippen molar-refractivity contribution in [1.29, 1.82) is 0 Å². The number of hydrazone groups is 1. The highest BCUT2D eigenvalue weighted by atomic mass is 15.3. The van der Waals surface area contributed by atoms with Gasteiger partial charge in [0.1, 0.15) is 0 Å². The lowest BCUT2D eigenvalue weighted by atomic mass is 10.1. The second kappa shape index (κ2) is 4.80. The standard InChI is InChI=1S/C12H18N2/c1-12(2,3)14-13-10-9-11-7-5-4-6-8-11/h4-8,10,14H,9H2,1-3H3/b13-10+. The summed E-state index contributed by atoms with van der Waals surface area (Å²) in [6, 6.07) is 10.3. The van der Waals surface area contributed by atoms with Gasteiger partial charge in [0.15, 0.2) is 0 Å². The highest BCUT2D eigenvalue weighted by Gasteiger charge is 2.05. The predicted octanol–water partition coefficient (Wildman–Crippen LogP) is 2.60. The first-order chi connectivity index (χ1) is 6.58. The van der Waals surface area contributed by atoms with Gasteiger partial charge in [-0.1, -0.05) is 30.3 Å². The van der Waals surface area contributed by atoms with E-state index in [0.717, 1.165) is 6.42 Å². The maximum atomic E-state index is 4.16. The molecule has 0 fully saturated rings. The summed E-state index contributed by atoms with van der Waals surface area (Å²) in [5, 5.41) is 4.16. The Labute approximate surface area is 86.0 Å². The van der Waals surface area contributed by atoms with E-state index in [2.05, 4.69) is 43.4 Å². The average molecular weight is 190 g/mol. The molecule has 2 heteroatoms. The molecule has 2 nitrogen and oxygen atoms in total. The van der Waals surface area contributed by atoms with Crippen LogP contribution in [0, 0.1) is 0 Å². The van der Waals surface area contributed by atoms with Crippen LogP contribution in [0.25, 0.3) is 0 Å². The van der Waals surface area contributed by atoms with Crippen LogP contribution >= 0.6 is 0 Å². The van der Waals surface area contributed by atoms with Crippen LogP contribution < -0.4 is 5.43 Å². The normalized spacial score (nSPS) is 11.9. The molecule has 0 aliphatic rings. The maximum Gasteiger partial charge on any atom is 0.0464 e. The third-order valence-corrected chi connectivity index (χ3v) is 1.66. The van der Waals surface area contributed by atoms with Crippen LogP contribution in [-0.4, -0.2) is 11.8 Å². The molecule has 0 aromatic heterocycles. The van der Waals surface area contributed by atoms with Crippen molar-refractivity contribution in [1.82, 2.24) is 5.43 Å². The Bertz CT molecular complexity index is 283. The molecule has 0 spiro atoms. The number of benzene rings is 1. The smallest absolute Gasteiger partial charge is 0.0464 e. The van der Waals surface area contributed by atoms with Crippen LogP contribution in [0.1, 0.15) is 26.3 Å². The fourth-order valence-electron chi connectivity index (χ4n) is 1.00. The summed E-state index contributed by atoms with van der Waals surface area (Å²) >= 11 is 0. The summed E-state index contributed by atoms with van der Waals surface area (Å²) in [5.41, 5.74) is 4.39. The third-order valence-electron chi connectivity index (χ3n) is 1.66. The molecule has 0 bridgehead atoms. The maximum absolute atomic E-state index is 4.16. The molecule has 0 aliphatic carbocycles. The number of nitrogens with one attached hydrogen (secondary N) is 1. The highest BCUT2D eigenvalue weighted by Crippen LogP contribution is 1.99.